The second-order valence-corrected chi connectivity index (χ2v) is 26.6. The third kappa shape index (κ3) is 77.3. The minimum atomic E-state index is -4.67. The number of esters is 2. The van der Waals surface area contributed by atoms with Gasteiger partial charge in [0, 0.05) is 12.8 Å². The molecule has 0 rings (SSSR count). The molecule has 0 fully saturated rings. The molecule has 0 aliphatic heterocycles. The number of phosphoric ester groups is 1. The van der Waals surface area contributed by atoms with E-state index in [0.29, 0.717) is 23.9 Å². The van der Waals surface area contributed by atoms with Gasteiger partial charge in [-0.3, -0.25) is 14.2 Å². The van der Waals surface area contributed by atoms with Gasteiger partial charge in [0.1, 0.15) is 19.8 Å². The predicted molar refractivity (Wildman–Crippen MR) is 415 cm³/mol. The lowest BCUT2D eigenvalue weighted by molar-refractivity contribution is -0.870. The number of hydrogen-bond acceptors (Lipinski definition) is 8. The van der Waals surface area contributed by atoms with E-state index in [4.69, 9.17) is 18.5 Å². The van der Waals surface area contributed by atoms with Crippen LogP contribution < -0.4 is 4.89 Å². The zero-order valence-electron chi connectivity index (χ0n) is 61.2. The van der Waals surface area contributed by atoms with E-state index in [9.17, 15) is 19.0 Å². The number of unbranched alkanes of at least 4 members (excludes halogenated alkanes) is 16. The van der Waals surface area contributed by atoms with Crippen molar-refractivity contribution in [3.63, 3.8) is 0 Å². The summed E-state index contributed by atoms with van der Waals surface area (Å²) in [5.41, 5.74) is 0. The van der Waals surface area contributed by atoms with Gasteiger partial charge in [-0.1, -0.05) is 310 Å². The standard InChI is InChI=1S/C86H136NO8P/c1-6-8-10-12-14-16-18-20-22-24-26-28-30-32-34-36-38-39-40-41-42-43-44-45-46-47-49-51-53-55-57-59-61-63-65-67-69-71-73-75-77-79-86(89)95-84(83-94-96(90,91)93-81-80-87(3,4)5)82-92-85(88)78-76-74-72-70-68-66-64-62-60-58-56-54-52-50-48-37-35-33-31-29-27-25-23-21-19-17-15-13-11-9-7-2/h8-11,14-17,20-23,26-29,32-35,38-39,41-42,44-45,47-50,53-56,60,62,84H,6-7,12-13,18-19,24-25,30-31,36-37,40,43,46,51-52,57-59,61,63-83H2,1-5H3/b10-8-,11-9-,16-14-,17-15-,22-20-,23-21-,28-26-,29-27-,34-32-,35-33-,39-38-,42-41-,45-44-,49-47-,50-48-,55-53-,56-54-,62-60-. The molecule has 538 valence electrons. The number of ether oxygens (including phenoxy) is 2. The van der Waals surface area contributed by atoms with Crippen LogP contribution in [-0.4, -0.2) is 70.0 Å². The van der Waals surface area contributed by atoms with Crippen LogP contribution in [0.15, 0.2) is 219 Å². The lowest BCUT2D eigenvalue weighted by atomic mass is 10.0. The molecule has 0 aliphatic carbocycles. The molecule has 0 saturated heterocycles. The number of carbonyl (C=O) groups is 2. The molecule has 0 aromatic rings. The van der Waals surface area contributed by atoms with Crippen LogP contribution in [-0.2, 0) is 32.7 Å². The van der Waals surface area contributed by atoms with Crippen LogP contribution >= 0.6 is 7.82 Å². The van der Waals surface area contributed by atoms with E-state index in [2.05, 4.69) is 233 Å². The second-order valence-electron chi connectivity index (χ2n) is 25.2. The number of quaternary nitrogens is 1. The highest BCUT2D eigenvalue weighted by Gasteiger charge is 2.22. The summed E-state index contributed by atoms with van der Waals surface area (Å²) < 4.78 is 34.3. The Bertz CT molecular complexity index is 2430. The molecule has 0 amide bonds. The monoisotopic (exact) mass is 1340 g/mol. The quantitative estimate of drug-likeness (QED) is 0.0195. The number of nitrogens with zero attached hydrogens (tertiary/aromatic N) is 1. The molecule has 0 heterocycles. The molecule has 2 unspecified atom stereocenters. The average Bonchev–Trinajstić information content (AvgIpc) is 2.54. The molecule has 0 aromatic heterocycles. The van der Waals surface area contributed by atoms with E-state index in [1.807, 2.05) is 21.1 Å². The van der Waals surface area contributed by atoms with E-state index in [1.54, 1.807) is 0 Å². The van der Waals surface area contributed by atoms with Crippen LogP contribution in [0.5, 0.6) is 0 Å². The molecule has 0 spiro atoms. The molecule has 0 radical (unpaired) electrons. The van der Waals surface area contributed by atoms with E-state index in [1.165, 1.54) is 38.5 Å². The Kier molecular flexibility index (Phi) is 69.2. The highest BCUT2D eigenvalue weighted by atomic mass is 31.2. The van der Waals surface area contributed by atoms with E-state index in [0.717, 1.165) is 180 Å². The van der Waals surface area contributed by atoms with Crippen LogP contribution in [0.2, 0.25) is 0 Å². The molecule has 0 bridgehead atoms. The fraction of sp³-hybridized carbons (Fsp3) is 0.558. The van der Waals surface area contributed by atoms with Gasteiger partial charge >= 0.3 is 11.9 Å². The van der Waals surface area contributed by atoms with Crippen molar-refractivity contribution in [3.05, 3.63) is 219 Å². The van der Waals surface area contributed by atoms with Crippen molar-refractivity contribution in [2.75, 3.05) is 47.5 Å². The van der Waals surface area contributed by atoms with Gasteiger partial charge in [0.15, 0.2) is 6.10 Å². The number of allylic oxidation sites excluding steroid dienone is 36. The number of likely N-dealkylation sites (N-methyl/N-ethyl adjacent to an activating group) is 1. The second kappa shape index (κ2) is 73.6. The molecule has 0 N–H and O–H groups in total. The maximum atomic E-state index is 12.9. The van der Waals surface area contributed by atoms with Crippen LogP contribution in [0.25, 0.3) is 0 Å². The van der Waals surface area contributed by atoms with Crippen molar-refractivity contribution in [1.82, 2.24) is 0 Å². The third-order valence-electron chi connectivity index (χ3n) is 15.0. The van der Waals surface area contributed by atoms with Gasteiger partial charge in [-0.15, -0.1) is 0 Å². The van der Waals surface area contributed by atoms with Crippen molar-refractivity contribution >= 4 is 19.8 Å². The van der Waals surface area contributed by atoms with E-state index in [-0.39, 0.29) is 26.1 Å². The maximum Gasteiger partial charge on any atom is 0.306 e. The molecule has 10 heteroatoms. The Hall–Kier alpha value is -5.67. The summed E-state index contributed by atoms with van der Waals surface area (Å²) in [6, 6.07) is 0. The smallest absolute Gasteiger partial charge is 0.306 e. The largest absolute Gasteiger partial charge is 0.756 e. The number of phosphoric acid groups is 1. The first-order valence-electron chi connectivity index (χ1n) is 37.4. The zero-order valence-corrected chi connectivity index (χ0v) is 62.1. The van der Waals surface area contributed by atoms with Crippen molar-refractivity contribution in [2.45, 2.75) is 264 Å². The van der Waals surface area contributed by atoms with Crippen LogP contribution in [0.3, 0.4) is 0 Å². The maximum absolute atomic E-state index is 12.9. The summed E-state index contributed by atoms with van der Waals surface area (Å²) in [6.07, 6.45) is 117. The van der Waals surface area contributed by atoms with Crippen LogP contribution in [0.1, 0.15) is 258 Å². The summed E-state index contributed by atoms with van der Waals surface area (Å²) in [5.74, 6) is -0.870. The van der Waals surface area contributed by atoms with Crippen molar-refractivity contribution in [3.8, 4) is 0 Å². The van der Waals surface area contributed by atoms with Gasteiger partial charge in [0.2, 0.25) is 0 Å². The van der Waals surface area contributed by atoms with Crippen LogP contribution in [0, 0.1) is 0 Å². The summed E-state index contributed by atoms with van der Waals surface area (Å²) >= 11 is 0. The molecule has 96 heavy (non-hydrogen) atoms. The number of carbonyl (C=O) groups excluding carboxylic acids is 2. The van der Waals surface area contributed by atoms with Crippen molar-refractivity contribution in [2.24, 2.45) is 0 Å². The normalized spacial score (nSPS) is 14.4. The van der Waals surface area contributed by atoms with Gasteiger partial charge in [-0.05, 0) is 154 Å². The Morgan fingerprint density at radius 1 is 0.323 bits per heavy atom. The first-order valence-corrected chi connectivity index (χ1v) is 38.9. The Labute approximate surface area is 588 Å². The van der Waals surface area contributed by atoms with Gasteiger partial charge in [0.25, 0.3) is 7.82 Å². The average molecular weight is 1340 g/mol. The minimum absolute atomic E-state index is 0.0460. The molecular formula is C86H136NO8P. The third-order valence-corrected chi connectivity index (χ3v) is 16.0. The van der Waals surface area contributed by atoms with Gasteiger partial charge in [0.05, 0.1) is 27.7 Å². The van der Waals surface area contributed by atoms with Gasteiger partial charge < -0.3 is 27.9 Å². The summed E-state index contributed by atoms with van der Waals surface area (Å²) in [6.45, 7) is 3.97. The predicted octanol–water partition coefficient (Wildman–Crippen LogP) is 24.5. The van der Waals surface area contributed by atoms with Crippen molar-refractivity contribution in [1.29, 1.82) is 0 Å². The molecular weight excluding hydrogens is 1210 g/mol. The summed E-state index contributed by atoms with van der Waals surface area (Å²) in [5, 5.41) is 0. The SMILES string of the molecule is CC/C=C\C/C=C\C/C=C\C/C=C\C/C=C\C/C=C\C/C=C\C/C=C\C/C=C\C/C=C\CCCCCCCCCCCCC(=O)OC(COC(=O)CCCCCCCC/C=C\C/C=C\C/C=C\C/C=C\C/C=C\C/C=C\C/C=C\C/C=C\CC)COP(=O)([O-])OCC[N+](C)(C)C. The van der Waals surface area contributed by atoms with Gasteiger partial charge in [-0.2, -0.15) is 0 Å². The minimum Gasteiger partial charge on any atom is -0.756 e. The van der Waals surface area contributed by atoms with E-state index < -0.39 is 32.5 Å². The molecule has 0 saturated carbocycles. The highest BCUT2D eigenvalue weighted by Crippen LogP contribution is 2.38. The van der Waals surface area contributed by atoms with Crippen molar-refractivity contribution < 1.29 is 42.1 Å². The fourth-order valence-electron chi connectivity index (χ4n) is 9.35. The molecule has 0 aliphatic rings. The van der Waals surface area contributed by atoms with E-state index >= 15 is 0 Å². The Morgan fingerprint density at radius 3 is 0.833 bits per heavy atom. The summed E-state index contributed by atoms with van der Waals surface area (Å²) in [4.78, 5) is 38.1. The highest BCUT2D eigenvalue weighted by molar-refractivity contribution is 7.45. The molecule has 0 aromatic carbocycles. The fourth-order valence-corrected chi connectivity index (χ4v) is 10.1. The lowest BCUT2D eigenvalue weighted by Crippen LogP contribution is -2.37. The lowest BCUT2D eigenvalue weighted by Gasteiger charge is -2.28. The van der Waals surface area contributed by atoms with Crippen LogP contribution in [0.4, 0.5) is 0 Å². The first kappa shape index (κ1) is 90.3. The Morgan fingerprint density at radius 2 is 0.562 bits per heavy atom. The number of hydrogen-bond donors (Lipinski definition) is 0. The first-order chi connectivity index (χ1) is 47.0. The number of rotatable bonds is 66. The molecule has 9 nitrogen and oxygen atoms in total. The van der Waals surface area contributed by atoms with Gasteiger partial charge in [-0.25, -0.2) is 0 Å². The Balaban J connectivity index is 4.15. The topological polar surface area (TPSA) is 111 Å². The zero-order chi connectivity index (χ0) is 69.7. The summed E-state index contributed by atoms with van der Waals surface area (Å²) in [7, 11) is 1.13. The molecule has 2 atom stereocenters.